The largest absolute Gasteiger partial charge is 0.461 e. The number of nitrogens with zero attached hydrogens (tertiary/aromatic N) is 3. The molecular formula is C21H28N4O5. The molecule has 0 spiro atoms. The Bertz CT molecular complexity index is 808. The lowest BCUT2D eigenvalue weighted by atomic mass is 10.0. The minimum Gasteiger partial charge on any atom is -0.461 e. The van der Waals surface area contributed by atoms with E-state index in [1.807, 2.05) is 13.8 Å². The van der Waals surface area contributed by atoms with Gasteiger partial charge in [-0.1, -0.05) is 20.4 Å². The van der Waals surface area contributed by atoms with Gasteiger partial charge >= 0.3 is 12.0 Å². The van der Waals surface area contributed by atoms with Crippen LogP contribution >= 0.6 is 0 Å². The first-order chi connectivity index (χ1) is 14.2. The van der Waals surface area contributed by atoms with Crippen LogP contribution in [0.4, 0.5) is 10.5 Å². The van der Waals surface area contributed by atoms with Gasteiger partial charge < -0.3 is 15.0 Å². The number of likely N-dealkylation sites (N-methyl/N-ethyl adjacent to an activating group) is 1. The molecule has 0 aliphatic carbocycles. The van der Waals surface area contributed by atoms with E-state index in [2.05, 4.69) is 16.8 Å². The summed E-state index contributed by atoms with van der Waals surface area (Å²) in [5, 5.41) is 2.91. The van der Waals surface area contributed by atoms with Crippen LogP contribution in [0.3, 0.4) is 0 Å². The molecule has 9 heteroatoms. The van der Waals surface area contributed by atoms with Gasteiger partial charge in [-0.3, -0.25) is 19.4 Å². The third-order valence-electron chi connectivity index (χ3n) is 5.04. The molecule has 1 fully saturated rings. The SMILES string of the molecule is C=C(Nc1ccc(C(=O)OCCN(CC)CC)cc1)C1C(=O)N(C)C(=O)N(C)C1=O. The summed E-state index contributed by atoms with van der Waals surface area (Å²) >= 11 is 0. The van der Waals surface area contributed by atoms with Crippen molar-refractivity contribution in [2.75, 3.05) is 45.7 Å². The molecule has 2 rings (SSSR count). The number of rotatable bonds is 9. The molecule has 1 aromatic rings. The number of amides is 4. The molecular weight excluding hydrogens is 388 g/mol. The number of nitrogens with one attached hydrogen (secondary N) is 1. The summed E-state index contributed by atoms with van der Waals surface area (Å²) in [7, 11) is 2.63. The second kappa shape index (κ2) is 10.0. The van der Waals surface area contributed by atoms with Crippen LogP contribution in [-0.2, 0) is 14.3 Å². The number of hydrogen-bond donors (Lipinski definition) is 1. The fourth-order valence-corrected chi connectivity index (χ4v) is 3.04. The van der Waals surface area contributed by atoms with Crippen LogP contribution in [0.2, 0.25) is 0 Å². The maximum Gasteiger partial charge on any atom is 0.338 e. The highest BCUT2D eigenvalue weighted by Crippen LogP contribution is 2.23. The van der Waals surface area contributed by atoms with E-state index >= 15 is 0 Å². The van der Waals surface area contributed by atoms with Gasteiger partial charge in [-0.25, -0.2) is 9.59 Å². The predicted octanol–water partition coefficient (Wildman–Crippen LogP) is 1.78. The molecule has 4 amide bonds. The summed E-state index contributed by atoms with van der Waals surface area (Å²) in [5.41, 5.74) is 1.08. The molecule has 0 saturated carbocycles. The number of carbonyl (C=O) groups excluding carboxylic acids is 4. The zero-order chi connectivity index (χ0) is 22.4. The highest BCUT2D eigenvalue weighted by atomic mass is 16.5. The first-order valence-electron chi connectivity index (χ1n) is 9.75. The van der Waals surface area contributed by atoms with E-state index in [0.717, 1.165) is 22.9 Å². The van der Waals surface area contributed by atoms with Gasteiger partial charge in [0.1, 0.15) is 6.61 Å². The van der Waals surface area contributed by atoms with Gasteiger partial charge in [0.2, 0.25) is 11.8 Å². The molecule has 0 unspecified atom stereocenters. The number of urea groups is 1. The molecule has 9 nitrogen and oxygen atoms in total. The summed E-state index contributed by atoms with van der Waals surface area (Å²) < 4.78 is 5.29. The standard InChI is InChI=1S/C21H28N4O5/c1-6-25(7-2)12-13-30-20(28)15-8-10-16(11-9-15)22-14(3)17-18(26)23(4)21(29)24(5)19(17)27/h8-11,17,22H,3,6-7,12-13H2,1-2,4-5H3. The number of esters is 1. The van der Waals surface area contributed by atoms with Crippen molar-refractivity contribution < 1.29 is 23.9 Å². The van der Waals surface area contributed by atoms with Gasteiger partial charge in [-0.05, 0) is 37.4 Å². The highest BCUT2D eigenvalue weighted by molar-refractivity contribution is 6.17. The number of ether oxygens (including phenoxy) is 1. The summed E-state index contributed by atoms with van der Waals surface area (Å²) in [5.74, 6) is -2.92. The molecule has 0 bridgehead atoms. The quantitative estimate of drug-likeness (QED) is 0.484. The monoisotopic (exact) mass is 416 g/mol. The lowest BCUT2D eigenvalue weighted by molar-refractivity contribution is -0.145. The van der Waals surface area contributed by atoms with Gasteiger partial charge in [0.25, 0.3) is 0 Å². The van der Waals surface area contributed by atoms with Crippen LogP contribution in [0.1, 0.15) is 24.2 Å². The molecule has 1 aliphatic rings. The first-order valence-corrected chi connectivity index (χ1v) is 9.75. The maximum absolute atomic E-state index is 12.4. The van der Waals surface area contributed by atoms with Crippen LogP contribution in [0.5, 0.6) is 0 Å². The number of carbonyl (C=O) groups is 4. The predicted molar refractivity (Wildman–Crippen MR) is 112 cm³/mol. The molecule has 0 aromatic heterocycles. The lowest BCUT2D eigenvalue weighted by Gasteiger charge is -2.33. The van der Waals surface area contributed by atoms with Gasteiger partial charge in [0, 0.05) is 32.0 Å². The van der Waals surface area contributed by atoms with Crippen molar-refractivity contribution in [3.8, 4) is 0 Å². The van der Waals surface area contributed by atoms with Crippen molar-refractivity contribution in [1.82, 2.24) is 14.7 Å². The van der Waals surface area contributed by atoms with Crippen LogP contribution in [0.25, 0.3) is 0 Å². The number of imide groups is 2. The van der Waals surface area contributed by atoms with Crippen LogP contribution in [-0.4, -0.2) is 78.9 Å². The van der Waals surface area contributed by atoms with E-state index in [9.17, 15) is 19.2 Å². The van der Waals surface area contributed by atoms with Crippen molar-refractivity contribution in [2.24, 2.45) is 5.92 Å². The minimum absolute atomic E-state index is 0.144. The topological polar surface area (TPSA) is 99.3 Å². The van der Waals surface area contributed by atoms with Crippen molar-refractivity contribution in [2.45, 2.75) is 13.8 Å². The molecule has 1 aromatic carbocycles. The Labute approximate surface area is 176 Å². The van der Waals surface area contributed by atoms with Crippen molar-refractivity contribution >= 4 is 29.5 Å². The van der Waals surface area contributed by atoms with E-state index in [1.165, 1.54) is 14.1 Å². The summed E-state index contributed by atoms with van der Waals surface area (Å²) in [6, 6.07) is 5.74. The summed E-state index contributed by atoms with van der Waals surface area (Å²) in [6.07, 6.45) is 0. The maximum atomic E-state index is 12.4. The number of barbiturate groups is 1. The molecule has 1 saturated heterocycles. The number of anilines is 1. The molecule has 0 radical (unpaired) electrons. The second-order valence-electron chi connectivity index (χ2n) is 6.90. The Morgan fingerprint density at radius 3 is 2.10 bits per heavy atom. The van der Waals surface area contributed by atoms with Crippen LogP contribution in [0, 0.1) is 5.92 Å². The zero-order valence-corrected chi connectivity index (χ0v) is 17.8. The van der Waals surface area contributed by atoms with E-state index in [4.69, 9.17) is 4.74 Å². The molecule has 30 heavy (non-hydrogen) atoms. The molecule has 1 N–H and O–H groups in total. The van der Waals surface area contributed by atoms with Gasteiger partial charge in [0.15, 0.2) is 5.92 Å². The fourth-order valence-electron chi connectivity index (χ4n) is 3.04. The number of benzene rings is 1. The van der Waals surface area contributed by atoms with Gasteiger partial charge in [-0.2, -0.15) is 0 Å². The van der Waals surface area contributed by atoms with E-state index in [1.54, 1.807) is 24.3 Å². The Balaban J connectivity index is 1.97. The third-order valence-corrected chi connectivity index (χ3v) is 5.04. The fraction of sp³-hybridized carbons (Fsp3) is 0.429. The minimum atomic E-state index is -1.21. The molecule has 0 atom stereocenters. The zero-order valence-electron chi connectivity index (χ0n) is 17.8. The Morgan fingerprint density at radius 2 is 1.60 bits per heavy atom. The van der Waals surface area contributed by atoms with Gasteiger partial charge in [0.05, 0.1) is 5.56 Å². The molecule has 162 valence electrons. The Kier molecular flexibility index (Phi) is 7.71. The average molecular weight is 416 g/mol. The van der Waals surface area contributed by atoms with Crippen LogP contribution in [0.15, 0.2) is 36.5 Å². The van der Waals surface area contributed by atoms with E-state index < -0.39 is 29.7 Å². The van der Waals surface area contributed by atoms with Crippen molar-refractivity contribution in [1.29, 1.82) is 0 Å². The van der Waals surface area contributed by atoms with Gasteiger partial charge in [-0.15, -0.1) is 0 Å². The number of hydrogen-bond acceptors (Lipinski definition) is 7. The van der Waals surface area contributed by atoms with E-state index in [0.29, 0.717) is 24.4 Å². The van der Waals surface area contributed by atoms with Crippen molar-refractivity contribution in [3.63, 3.8) is 0 Å². The Morgan fingerprint density at radius 1 is 1.07 bits per heavy atom. The first kappa shape index (κ1) is 23.1. The molecule has 1 heterocycles. The third kappa shape index (κ3) is 5.04. The Hall–Kier alpha value is -3.20. The van der Waals surface area contributed by atoms with Crippen molar-refractivity contribution in [3.05, 3.63) is 42.1 Å². The summed E-state index contributed by atoms with van der Waals surface area (Å²) in [4.78, 5) is 52.6. The summed E-state index contributed by atoms with van der Waals surface area (Å²) in [6.45, 7) is 10.7. The van der Waals surface area contributed by atoms with E-state index in [-0.39, 0.29) is 5.70 Å². The average Bonchev–Trinajstić information content (AvgIpc) is 2.74. The lowest BCUT2D eigenvalue weighted by Crippen LogP contribution is -2.57. The molecule has 1 aliphatic heterocycles. The highest BCUT2D eigenvalue weighted by Gasteiger charge is 2.44. The smallest absolute Gasteiger partial charge is 0.338 e. The second-order valence-corrected chi connectivity index (χ2v) is 6.90. The normalized spacial score (nSPS) is 15.0. The van der Waals surface area contributed by atoms with Crippen LogP contribution < -0.4 is 5.32 Å².